The van der Waals surface area contributed by atoms with Crippen LogP contribution in [0.25, 0.3) is 0 Å². The number of rotatable bonds is 3. The number of urea groups is 1. The number of benzene rings is 1. The van der Waals surface area contributed by atoms with Gasteiger partial charge in [0.2, 0.25) is 5.91 Å². The van der Waals surface area contributed by atoms with Crippen LogP contribution >= 0.6 is 0 Å². The summed E-state index contributed by atoms with van der Waals surface area (Å²) in [5, 5.41) is 3.12. The summed E-state index contributed by atoms with van der Waals surface area (Å²) >= 11 is 0. The molecule has 2 unspecified atom stereocenters. The van der Waals surface area contributed by atoms with Crippen LogP contribution in [0.5, 0.6) is 0 Å². The van der Waals surface area contributed by atoms with Crippen LogP contribution in [0.15, 0.2) is 24.3 Å². The number of aryl methyl sites for hydroxylation is 1. The van der Waals surface area contributed by atoms with Crippen molar-refractivity contribution in [1.29, 1.82) is 0 Å². The van der Waals surface area contributed by atoms with Crippen LogP contribution in [-0.4, -0.2) is 79.0 Å². The molecule has 3 amide bonds. The molecule has 1 N–H and O–H groups in total. The molecule has 6 heteroatoms. The maximum atomic E-state index is 12.7. The lowest BCUT2D eigenvalue weighted by Gasteiger charge is -2.37. The molecule has 27 heavy (non-hydrogen) atoms. The van der Waals surface area contributed by atoms with E-state index < -0.39 is 0 Å². The van der Waals surface area contributed by atoms with Crippen molar-refractivity contribution in [3.63, 3.8) is 0 Å². The Labute approximate surface area is 161 Å². The van der Waals surface area contributed by atoms with Gasteiger partial charge in [0.15, 0.2) is 0 Å². The van der Waals surface area contributed by atoms with Crippen molar-refractivity contribution in [2.45, 2.75) is 37.6 Å². The highest BCUT2D eigenvalue weighted by atomic mass is 16.2. The molecule has 1 aromatic rings. The van der Waals surface area contributed by atoms with Gasteiger partial charge in [-0.1, -0.05) is 24.3 Å². The molecule has 6 nitrogen and oxygen atoms in total. The maximum Gasteiger partial charge on any atom is 0.317 e. The molecule has 0 aromatic heterocycles. The highest BCUT2D eigenvalue weighted by molar-refractivity contribution is 5.82. The van der Waals surface area contributed by atoms with Crippen molar-refractivity contribution in [2.24, 2.45) is 0 Å². The third kappa shape index (κ3) is 3.81. The summed E-state index contributed by atoms with van der Waals surface area (Å²) < 4.78 is 0. The maximum absolute atomic E-state index is 12.7. The minimum Gasteiger partial charge on any atom is -0.338 e. The lowest BCUT2D eigenvalue weighted by molar-refractivity contribution is -0.137. The minimum absolute atomic E-state index is 0.00413. The van der Waals surface area contributed by atoms with Gasteiger partial charge in [0, 0.05) is 38.6 Å². The van der Waals surface area contributed by atoms with Gasteiger partial charge in [0.1, 0.15) is 0 Å². The molecule has 2 fully saturated rings. The summed E-state index contributed by atoms with van der Waals surface area (Å²) in [5.74, 6) is 0.656. The molecule has 0 radical (unpaired) electrons. The van der Waals surface area contributed by atoms with Gasteiger partial charge in [-0.3, -0.25) is 9.69 Å². The molecule has 0 bridgehead atoms. The van der Waals surface area contributed by atoms with Crippen LogP contribution in [0.4, 0.5) is 4.79 Å². The Bertz CT molecular complexity index is 699. The molecular weight excluding hydrogens is 340 g/mol. The smallest absolute Gasteiger partial charge is 0.317 e. The van der Waals surface area contributed by atoms with Crippen molar-refractivity contribution in [2.75, 3.05) is 46.3 Å². The van der Waals surface area contributed by atoms with Crippen LogP contribution in [0.1, 0.15) is 36.3 Å². The number of likely N-dealkylation sites (tertiary alicyclic amines) is 1. The van der Waals surface area contributed by atoms with E-state index in [-0.39, 0.29) is 18.0 Å². The van der Waals surface area contributed by atoms with Crippen molar-refractivity contribution >= 4 is 11.9 Å². The van der Waals surface area contributed by atoms with Crippen LogP contribution in [0.3, 0.4) is 0 Å². The van der Waals surface area contributed by atoms with Gasteiger partial charge < -0.3 is 15.1 Å². The van der Waals surface area contributed by atoms with Gasteiger partial charge in [-0.25, -0.2) is 4.79 Å². The Morgan fingerprint density at radius 3 is 2.52 bits per heavy atom. The first-order valence-electron chi connectivity index (χ1n) is 10.2. The third-order valence-corrected chi connectivity index (χ3v) is 6.44. The number of fused-ring (bicyclic) bond motifs is 1. The number of likely N-dealkylation sites (N-methyl/N-ethyl adjacent to an activating group) is 1. The zero-order chi connectivity index (χ0) is 18.8. The van der Waals surface area contributed by atoms with E-state index in [4.69, 9.17) is 0 Å². The molecule has 2 atom stereocenters. The normalized spacial score (nSPS) is 25.5. The van der Waals surface area contributed by atoms with E-state index in [9.17, 15) is 9.59 Å². The topological polar surface area (TPSA) is 55.9 Å². The van der Waals surface area contributed by atoms with Crippen LogP contribution < -0.4 is 5.32 Å². The average molecular weight is 370 g/mol. The van der Waals surface area contributed by atoms with Crippen molar-refractivity contribution in [3.05, 3.63) is 35.4 Å². The predicted octanol–water partition coefficient (Wildman–Crippen LogP) is 1.66. The molecule has 2 saturated heterocycles. The summed E-state index contributed by atoms with van der Waals surface area (Å²) in [5.41, 5.74) is 2.80. The van der Waals surface area contributed by atoms with Crippen LogP contribution in [-0.2, 0) is 11.2 Å². The Morgan fingerprint density at radius 1 is 1.04 bits per heavy atom. The van der Waals surface area contributed by atoms with E-state index in [1.165, 1.54) is 11.1 Å². The standard InChI is InChI=1S/C21H30N4O2/c1-23-10-4-7-19(23)20(26)24-11-13-25(14-12-24)21(27)22-15-17-9-8-16-5-2-3-6-18(16)17/h2-3,5-6,17,19H,4,7-15H2,1H3,(H,22,27). The van der Waals surface area contributed by atoms with E-state index in [2.05, 4.69) is 34.5 Å². The van der Waals surface area contributed by atoms with Gasteiger partial charge in [-0.05, 0) is 50.4 Å². The highest BCUT2D eigenvalue weighted by Gasteiger charge is 2.33. The molecule has 1 aromatic carbocycles. The Morgan fingerprint density at radius 2 is 1.78 bits per heavy atom. The summed E-state index contributed by atoms with van der Waals surface area (Å²) in [6.07, 6.45) is 4.27. The zero-order valence-corrected chi connectivity index (χ0v) is 16.2. The van der Waals surface area contributed by atoms with Gasteiger partial charge >= 0.3 is 6.03 Å². The molecule has 4 rings (SSSR count). The quantitative estimate of drug-likeness (QED) is 0.881. The van der Waals surface area contributed by atoms with Gasteiger partial charge in [-0.2, -0.15) is 0 Å². The van der Waals surface area contributed by atoms with Crippen molar-refractivity contribution in [3.8, 4) is 0 Å². The predicted molar refractivity (Wildman–Crippen MR) is 105 cm³/mol. The molecular formula is C21H30N4O2. The molecule has 0 saturated carbocycles. The second-order valence-electron chi connectivity index (χ2n) is 8.07. The van der Waals surface area contributed by atoms with E-state index in [1.807, 2.05) is 16.8 Å². The number of hydrogen-bond acceptors (Lipinski definition) is 3. The average Bonchev–Trinajstić information content (AvgIpc) is 3.32. The summed E-state index contributed by atoms with van der Waals surface area (Å²) in [4.78, 5) is 31.2. The van der Waals surface area contributed by atoms with Gasteiger partial charge in [-0.15, -0.1) is 0 Å². The number of amides is 3. The third-order valence-electron chi connectivity index (χ3n) is 6.44. The molecule has 1 aliphatic carbocycles. The zero-order valence-electron chi connectivity index (χ0n) is 16.2. The Balaban J connectivity index is 1.24. The number of carbonyl (C=O) groups excluding carboxylic acids is 2. The van der Waals surface area contributed by atoms with Crippen LogP contribution in [0.2, 0.25) is 0 Å². The second-order valence-corrected chi connectivity index (χ2v) is 8.07. The number of hydrogen-bond donors (Lipinski definition) is 1. The molecule has 146 valence electrons. The van der Waals surface area contributed by atoms with Crippen LogP contribution in [0, 0.1) is 0 Å². The van der Waals surface area contributed by atoms with Gasteiger partial charge in [0.05, 0.1) is 6.04 Å². The molecule has 2 aliphatic heterocycles. The Kier molecular flexibility index (Phi) is 5.34. The first-order chi connectivity index (χ1) is 13.1. The van der Waals surface area contributed by atoms with E-state index in [1.54, 1.807) is 0 Å². The largest absolute Gasteiger partial charge is 0.338 e. The minimum atomic E-state index is 0.00413. The Hall–Kier alpha value is -2.08. The molecule has 2 heterocycles. The summed E-state index contributed by atoms with van der Waals surface area (Å²) in [6.45, 7) is 4.22. The lowest BCUT2D eigenvalue weighted by Crippen LogP contribution is -2.56. The number of carbonyl (C=O) groups is 2. The SMILES string of the molecule is CN1CCCC1C(=O)N1CCN(C(=O)NCC2CCc3ccccc32)CC1. The van der Waals surface area contributed by atoms with E-state index in [0.717, 1.165) is 32.2 Å². The highest BCUT2D eigenvalue weighted by Crippen LogP contribution is 2.32. The fourth-order valence-corrected chi connectivity index (χ4v) is 4.74. The van der Waals surface area contributed by atoms with Gasteiger partial charge in [0.25, 0.3) is 0 Å². The summed E-state index contributed by atoms with van der Waals surface area (Å²) in [7, 11) is 2.03. The fraction of sp³-hybridized carbons (Fsp3) is 0.619. The van der Waals surface area contributed by atoms with Crippen molar-refractivity contribution < 1.29 is 9.59 Å². The second kappa shape index (κ2) is 7.89. The monoisotopic (exact) mass is 370 g/mol. The first-order valence-corrected chi connectivity index (χ1v) is 10.2. The first kappa shape index (κ1) is 18.3. The number of nitrogens with zero attached hydrogens (tertiary/aromatic N) is 3. The number of piperazine rings is 1. The van der Waals surface area contributed by atoms with E-state index >= 15 is 0 Å². The number of nitrogens with one attached hydrogen (secondary N) is 1. The molecule has 0 spiro atoms. The lowest BCUT2D eigenvalue weighted by atomic mass is 10.0. The fourth-order valence-electron chi connectivity index (χ4n) is 4.74. The van der Waals surface area contributed by atoms with E-state index in [0.29, 0.717) is 38.6 Å². The van der Waals surface area contributed by atoms with Crippen molar-refractivity contribution in [1.82, 2.24) is 20.0 Å². The summed E-state index contributed by atoms with van der Waals surface area (Å²) in [6, 6.07) is 8.58. The molecule has 3 aliphatic rings.